The minimum absolute atomic E-state index is 0.329. The largest absolute Gasteiger partial charge is 0.481 e. The quantitative estimate of drug-likeness (QED) is 0.828. The Balaban J connectivity index is 3.20. The van der Waals surface area contributed by atoms with Crippen molar-refractivity contribution < 1.29 is 31.9 Å². The molecule has 0 spiro atoms. The Kier molecular flexibility index (Phi) is 3.90. The summed E-state index contributed by atoms with van der Waals surface area (Å²) in [6.45, 7) is 0. The van der Waals surface area contributed by atoms with Gasteiger partial charge in [-0.3, -0.25) is 4.79 Å². The number of alkyl halides is 3. The first-order valence-corrected chi connectivity index (χ1v) is 4.67. The third-order valence-electron chi connectivity index (χ3n) is 2.21. The van der Waals surface area contributed by atoms with Crippen LogP contribution in [0.5, 0.6) is 0 Å². The van der Waals surface area contributed by atoms with Crippen LogP contribution >= 0.6 is 0 Å². The van der Waals surface area contributed by atoms with E-state index in [0.29, 0.717) is 12.1 Å². The van der Waals surface area contributed by atoms with Gasteiger partial charge in [-0.15, -0.1) is 0 Å². The minimum Gasteiger partial charge on any atom is -0.481 e. The third-order valence-corrected chi connectivity index (χ3v) is 2.21. The molecule has 0 saturated carbocycles. The molecule has 3 N–H and O–H groups in total. The minimum atomic E-state index is -5.03. The molecular formula is C10H8F5NO2. The van der Waals surface area contributed by atoms with E-state index >= 15 is 0 Å². The summed E-state index contributed by atoms with van der Waals surface area (Å²) in [5.41, 5.74) is 2.89. The van der Waals surface area contributed by atoms with Gasteiger partial charge in [-0.25, -0.2) is 8.78 Å². The molecule has 1 atom stereocenters. The summed E-state index contributed by atoms with van der Waals surface area (Å²) in [5.74, 6) is -5.23. The van der Waals surface area contributed by atoms with Crippen molar-refractivity contribution in [3.63, 3.8) is 0 Å². The van der Waals surface area contributed by atoms with Crippen LogP contribution in [-0.2, 0) is 11.0 Å². The van der Waals surface area contributed by atoms with Crippen LogP contribution < -0.4 is 5.73 Å². The van der Waals surface area contributed by atoms with Crippen LogP contribution in [0, 0.1) is 11.6 Å². The Morgan fingerprint density at radius 2 is 1.83 bits per heavy atom. The van der Waals surface area contributed by atoms with Crippen LogP contribution in [0.2, 0.25) is 0 Å². The predicted molar refractivity (Wildman–Crippen MR) is 50.5 cm³/mol. The molecule has 1 aromatic carbocycles. The lowest BCUT2D eigenvalue weighted by molar-refractivity contribution is -0.140. The Hall–Kier alpha value is -1.70. The lowest BCUT2D eigenvalue weighted by Crippen LogP contribution is -2.19. The third kappa shape index (κ3) is 2.95. The summed E-state index contributed by atoms with van der Waals surface area (Å²) >= 11 is 0. The Labute approximate surface area is 98.0 Å². The van der Waals surface area contributed by atoms with Gasteiger partial charge in [0, 0.05) is 11.6 Å². The molecule has 0 bridgehead atoms. The van der Waals surface area contributed by atoms with Gasteiger partial charge in [0.25, 0.3) is 0 Å². The number of nitrogens with two attached hydrogens (primary N) is 1. The standard InChI is InChI=1S/C10H8F5NO2/c11-8-4(6(16)3-7(17)18)1-2-5(9(8)12)10(13,14)15/h1-2,6H,3,16H2,(H,17,18). The number of halogens is 5. The maximum absolute atomic E-state index is 13.3. The van der Waals surface area contributed by atoms with Gasteiger partial charge in [0.15, 0.2) is 11.6 Å². The Bertz CT molecular complexity index is 472. The molecule has 8 heteroatoms. The smallest absolute Gasteiger partial charge is 0.419 e. The molecule has 0 aliphatic carbocycles. The van der Waals surface area contributed by atoms with E-state index in [4.69, 9.17) is 10.8 Å². The van der Waals surface area contributed by atoms with Gasteiger partial charge in [0.1, 0.15) is 0 Å². The van der Waals surface area contributed by atoms with Gasteiger partial charge < -0.3 is 10.8 Å². The number of aliphatic carboxylic acids is 1. The fraction of sp³-hybridized carbons (Fsp3) is 0.300. The van der Waals surface area contributed by atoms with Crippen LogP contribution in [0.25, 0.3) is 0 Å². The summed E-state index contributed by atoms with van der Waals surface area (Å²) in [6, 6.07) is -0.455. The van der Waals surface area contributed by atoms with Crippen LogP contribution in [0.15, 0.2) is 12.1 Å². The average molecular weight is 269 g/mol. The molecule has 0 heterocycles. The second-order valence-electron chi connectivity index (χ2n) is 3.53. The first kappa shape index (κ1) is 14.4. The van der Waals surface area contributed by atoms with Crippen LogP contribution in [-0.4, -0.2) is 11.1 Å². The molecule has 3 nitrogen and oxygen atoms in total. The zero-order chi connectivity index (χ0) is 14.1. The average Bonchev–Trinajstić information content (AvgIpc) is 2.18. The predicted octanol–water partition coefficient (Wildman–Crippen LogP) is 2.46. The van der Waals surface area contributed by atoms with Gasteiger partial charge in [0.05, 0.1) is 12.0 Å². The number of carboxylic acids is 1. The van der Waals surface area contributed by atoms with Gasteiger partial charge in [0.2, 0.25) is 0 Å². The highest BCUT2D eigenvalue weighted by Crippen LogP contribution is 2.34. The maximum atomic E-state index is 13.3. The van der Waals surface area contributed by atoms with Gasteiger partial charge >= 0.3 is 12.1 Å². The van der Waals surface area contributed by atoms with Crippen LogP contribution in [0.3, 0.4) is 0 Å². The fourth-order valence-electron chi connectivity index (χ4n) is 1.37. The number of benzene rings is 1. The van der Waals surface area contributed by atoms with Gasteiger partial charge in [-0.1, -0.05) is 6.07 Å². The van der Waals surface area contributed by atoms with Crippen LogP contribution in [0.4, 0.5) is 22.0 Å². The van der Waals surface area contributed by atoms with E-state index in [-0.39, 0.29) is 0 Å². The molecule has 1 unspecified atom stereocenters. The molecular weight excluding hydrogens is 261 g/mol. The van der Waals surface area contributed by atoms with Gasteiger partial charge in [-0.05, 0) is 6.07 Å². The summed E-state index contributed by atoms with van der Waals surface area (Å²) in [7, 11) is 0. The van der Waals surface area contributed by atoms with Crippen molar-refractivity contribution in [1.29, 1.82) is 0 Å². The number of carbonyl (C=O) groups is 1. The van der Waals surface area contributed by atoms with Gasteiger partial charge in [-0.2, -0.15) is 13.2 Å². The monoisotopic (exact) mass is 269 g/mol. The zero-order valence-corrected chi connectivity index (χ0v) is 8.76. The van der Waals surface area contributed by atoms with E-state index in [1.165, 1.54) is 0 Å². The fourth-order valence-corrected chi connectivity index (χ4v) is 1.37. The number of rotatable bonds is 3. The highest BCUT2D eigenvalue weighted by atomic mass is 19.4. The lowest BCUT2D eigenvalue weighted by Gasteiger charge is -2.14. The molecule has 0 saturated heterocycles. The molecule has 100 valence electrons. The van der Waals surface area contributed by atoms with E-state index in [2.05, 4.69) is 0 Å². The zero-order valence-electron chi connectivity index (χ0n) is 8.76. The molecule has 0 aliphatic heterocycles. The van der Waals surface area contributed by atoms with Crippen molar-refractivity contribution in [3.05, 3.63) is 34.9 Å². The number of hydrogen-bond acceptors (Lipinski definition) is 2. The van der Waals surface area contributed by atoms with Crippen molar-refractivity contribution >= 4 is 5.97 Å². The van der Waals surface area contributed by atoms with E-state index in [9.17, 15) is 26.7 Å². The second kappa shape index (κ2) is 4.89. The van der Waals surface area contributed by atoms with E-state index in [1.54, 1.807) is 0 Å². The summed E-state index contributed by atoms with van der Waals surface area (Å²) < 4.78 is 63.2. The molecule has 0 fully saturated rings. The molecule has 0 aliphatic rings. The van der Waals surface area contributed by atoms with Crippen LogP contribution in [0.1, 0.15) is 23.6 Å². The molecule has 0 radical (unpaired) electrons. The Morgan fingerprint density at radius 3 is 2.28 bits per heavy atom. The van der Waals surface area contributed by atoms with Crippen molar-refractivity contribution in [2.45, 2.75) is 18.6 Å². The van der Waals surface area contributed by atoms with Crippen molar-refractivity contribution in [2.24, 2.45) is 5.73 Å². The van der Waals surface area contributed by atoms with E-state index < -0.39 is 47.4 Å². The molecule has 0 aromatic heterocycles. The first-order valence-electron chi connectivity index (χ1n) is 4.67. The molecule has 1 rings (SSSR count). The summed E-state index contributed by atoms with van der Waals surface area (Å²) in [4.78, 5) is 10.3. The number of carboxylic acid groups (broad SMARTS) is 1. The number of hydrogen-bond donors (Lipinski definition) is 2. The normalized spacial score (nSPS) is 13.4. The summed E-state index contributed by atoms with van der Waals surface area (Å²) in [5, 5.41) is 8.41. The van der Waals surface area contributed by atoms with Crippen molar-refractivity contribution in [1.82, 2.24) is 0 Å². The van der Waals surface area contributed by atoms with Crippen molar-refractivity contribution in [2.75, 3.05) is 0 Å². The molecule has 1 aromatic rings. The topological polar surface area (TPSA) is 63.3 Å². The maximum Gasteiger partial charge on any atom is 0.419 e. The summed E-state index contributed by atoms with van der Waals surface area (Å²) in [6.07, 6.45) is -5.75. The van der Waals surface area contributed by atoms with Crippen molar-refractivity contribution in [3.8, 4) is 0 Å². The first-order chi connectivity index (χ1) is 8.14. The van der Waals surface area contributed by atoms with E-state index in [0.717, 1.165) is 0 Å². The van der Waals surface area contributed by atoms with E-state index in [1.807, 2.05) is 0 Å². The highest BCUT2D eigenvalue weighted by Gasteiger charge is 2.36. The highest BCUT2D eigenvalue weighted by molar-refractivity contribution is 5.67. The lowest BCUT2D eigenvalue weighted by atomic mass is 10.0. The SMILES string of the molecule is NC(CC(=O)O)c1ccc(C(F)(F)F)c(F)c1F. The molecule has 18 heavy (non-hydrogen) atoms. The molecule has 0 amide bonds. The Morgan fingerprint density at radius 1 is 1.28 bits per heavy atom. The second-order valence-corrected chi connectivity index (χ2v) is 3.53.